The van der Waals surface area contributed by atoms with E-state index in [1.165, 1.54) is 9.13 Å². The molecule has 0 radical (unpaired) electrons. The summed E-state index contributed by atoms with van der Waals surface area (Å²) >= 11 is 0. The number of hydrogen-bond acceptors (Lipinski definition) is 17. The summed E-state index contributed by atoms with van der Waals surface area (Å²) in [6.07, 6.45) is 6.60. The van der Waals surface area contributed by atoms with Gasteiger partial charge in [-0.15, -0.1) is 0 Å². The van der Waals surface area contributed by atoms with Crippen molar-refractivity contribution in [3.63, 3.8) is 0 Å². The first kappa shape index (κ1) is 55.3. The number of benzene rings is 2. The van der Waals surface area contributed by atoms with Crippen molar-refractivity contribution in [1.82, 2.24) is 48.5 Å². The molecular formula is C58H62N12O11. The number of imidazole rings is 2. The van der Waals surface area contributed by atoms with Gasteiger partial charge >= 0.3 is 11.4 Å². The first-order chi connectivity index (χ1) is 39.1. The highest BCUT2D eigenvalue weighted by Crippen LogP contribution is 2.42. The van der Waals surface area contributed by atoms with Gasteiger partial charge in [-0.2, -0.15) is 0 Å². The summed E-state index contributed by atoms with van der Waals surface area (Å²) in [5.74, 6) is 0.782. The summed E-state index contributed by atoms with van der Waals surface area (Å²) in [5.41, 5.74) is 19.7. The Labute approximate surface area is 463 Å². The van der Waals surface area contributed by atoms with Crippen molar-refractivity contribution in [2.24, 2.45) is 11.5 Å². The molecule has 0 fully saturated rings. The van der Waals surface area contributed by atoms with Gasteiger partial charge in [-0.05, 0) is 90.1 Å². The van der Waals surface area contributed by atoms with Gasteiger partial charge in [-0.3, -0.25) is 47.8 Å². The maximum absolute atomic E-state index is 14.8. The number of aryl methyl sites for hydroxylation is 4. The first-order valence-corrected chi connectivity index (χ1v) is 26.4. The van der Waals surface area contributed by atoms with Crippen molar-refractivity contribution in [3.05, 3.63) is 141 Å². The number of amides is 2. The summed E-state index contributed by atoms with van der Waals surface area (Å²) < 4.78 is 46.4. The fourth-order valence-electron chi connectivity index (χ4n) is 10.9. The molecule has 8 aromatic heterocycles. The van der Waals surface area contributed by atoms with Gasteiger partial charge in [0, 0.05) is 60.3 Å². The Morgan fingerprint density at radius 2 is 0.951 bits per heavy atom. The van der Waals surface area contributed by atoms with Crippen molar-refractivity contribution < 1.29 is 42.3 Å². The summed E-state index contributed by atoms with van der Waals surface area (Å²) in [6.45, 7) is 11.9. The first-order valence-electron chi connectivity index (χ1n) is 26.4. The summed E-state index contributed by atoms with van der Waals surface area (Å²) in [4.78, 5) is 74.9. The van der Waals surface area contributed by atoms with Crippen LogP contribution in [0.5, 0.6) is 11.5 Å². The van der Waals surface area contributed by atoms with Crippen LogP contribution in [0.15, 0.2) is 104 Å². The third-order valence-electron chi connectivity index (χ3n) is 14.8. The fraction of sp³-hybridized carbons (Fsp3) is 0.345. The predicted octanol–water partition coefficient (Wildman–Crippen LogP) is 7.17. The van der Waals surface area contributed by atoms with Crippen LogP contribution in [-0.2, 0) is 23.8 Å². The Kier molecular flexibility index (Phi) is 15.9. The number of methoxy groups -OCH3 is 2. The molecule has 0 spiro atoms. The molecule has 10 aromatic rings. The largest absolute Gasteiger partial charge is 0.496 e. The quantitative estimate of drug-likeness (QED) is 0.0567. The van der Waals surface area contributed by atoms with Crippen LogP contribution in [-0.4, -0.2) is 114 Å². The number of rotatable bonds is 24. The molecule has 2 aromatic carbocycles. The van der Waals surface area contributed by atoms with Crippen molar-refractivity contribution in [1.29, 1.82) is 0 Å². The number of nitrogens with two attached hydrogens (primary N) is 2. The molecule has 2 unspecified atom stereocenters. The average Bonchev–Trinajstić information content (AvgIpc) is 4.17. The van der Waals surface area contributed by atoms with Crippen molar-refractivity contribution >= 4 is 55.7 Å². The minimum absolute atomic E-state index is 0.0607. The molecule has 23 heteroatoms. The maximum Gasteiger partial charge on any atom is 0.330 e. The molecular weight excluding hydrogens is 1040 g/mol. The van der Waals surface area contributed by atoms with Crippen LogP contribution in [0.2, 0.25) is 0 Å². The SMILES string of the molecule is COc1cc2c(cc1-c1c(C)noc1C)ncc1c2n([C@H](C)c2ccccn2)c(=O)n1C(CCOCCOCCOCCC(C(N)=O)n1c(=O)n([C@H](C)c2ccccn2)c2c3cc(OC)c(-c4c(C)noc4C)cc3ncc21)C(N)=O. The fourth-order valence-corrected chi connectivity index (χ4v) is 10.9. The topological polar surface area (TPSA) is 290 Å². The second kappa shape index (κ2) is 23.3. The van der Waals surface area contributed by atoms with E-state index in [4.69, 9.17) is 54.2 Å². The summed E-state index contributed by atoms with van der Waals surface area (Å²) in [6, 6.07) is 15.0. The highest BCUT2D eigenvalue weighted by atomic mass is 16.5. The van der Waals surface area contributed by atoms with Crippen LogP contribution in [0.3, 0.4) is 0 Å². The van der Waals surface area contributed by atoms with Gasteiger partial charge in [-0.25, -0.2) is 9.59 Å². The van der Waals surface area contributed by atoms with Gasteiger partial charge in [-0.1, -0.05) is 22.4 Å². The maximum atomic E-state index is 14.8. The van der Waals surface area contributed by atoms with E-state index in [0.29, 0.717) is 89.7 Å². The van der Waals surface area contributed by atoms with E-state index >= 15 is 0 Å². The number of ether oxygens (including phenoxy) is 5. The third-order valence-corrected chi connectivity index (χ3v) is 14.8. The zero-order chi connectivity index (χ0) is 57.2. The van der Waals surface area contributed by atoms with E-state index in [1.807, 2.05) is 90.1 Å². The smallest absolute Gasteiger partial charge is 0.330 e. The highest BCUT2D eigenvalue weighted by molar-refractivity contribution is 6.07. The number of fused-ring (bicyclic) bond motifs is 6. The molecule has 81 heavy (non-hydrogen) atoms. The molecule has 10 rings (SSSR count). The van der Waals surface area contributed by atoms with Crippen molar-refractivity contribution in [3.8, 4) is 33.8 Å². The number of carbonyl (C=O) groups is 2. The van der Waals surface area contributed by atoms with E-state index < -0.39 is 47.4 Å². The van der Waals surface area contributed by atoms with Gasteiger partial charge in [0.2, 0.25) is 11.8 Å². The number of hydrogen-bond donors (Lipinski definition) is 2. The van der Waals surface area contributed by atoms with Crippen LogP contribution in [0, 0.1) is 27.7 Å². The molecule has 0 aliphatic rings. The van der Waals surface area contributed by atoms with Gasteiger partial charge in [0.25, 0.3) is 0 Å². The summed E-state index contributed by atoms with van der Waals surface area (Å²) in [5, 5.41) is 9.48. The molecule has 0 bridgehead atoms. The molecule has 0 saturated heterocycles. The lowest BCUT2D eigenvalue weighted by Gasteiger charge is -2.16. The normalized spacial score (nSPS) is 13.3. The van der Waals surface area contributed by atoms with Gasteiger partial charge in [0.1, 0.15) is 35.1 Å². The van der Waals surface area contributed by atoms with Crippen molar-refractivity contribution in [2.75, 3.05) is 53.9 Å². The van der Waals surface area contributed by atoms with E-state index in [2.05, 4.69) is 20.3 Å². The van der Waals surface area contributed by atoms with Gasteiger partial charge in [0.15, 0.2) is 0 Å². The van der Waals surface area contributed by atoms with E-state index in [1.54, 1.807) is 60.3 Å². The Morgan fingerprint density at radius 3 is 1.28 bits per heavy atom. The minimum Gasteiger partial charge on any atom is -0.496 e. The third kappa shape index (κ3) is 10.3. The second-order valence-corrected chi connectivity index (χ2v) is 19.7. The standard InChI is InChI=1S/C58H62N12O11/c1-31-51(35(5)80-65-31)39-25-43-37(27-49(39)75-7)53-47(29-63-43)69(57(73)67(53)33(3)41-13-9-11-17-61-41)45(55(59)71)15-19-77-21-23-79-24-22-78-20-16-46(56(60)72)70-48-30-64-44-26-40(52-32(2)66-81-36(52)6)50(76-8)28-38(44)54(48)68(58(70)74)34(4)42-14-10-12-18-62-42/h9-14,17-18,25-30,33-34,45-46H,15-16,19-24H2,1-8H3,(H2,59,71)(H2,60,72)/t33-,34-,45?,46?/m1/s1. The number of pyridine rings is 4. The van der Waals surface area contributed by atoms with Crippen LogP contribution in [0.1, 0.15) is 85.2 Å². The Balaban J connectivity index is 0.806. The van der Waals surface area contributed by atoms with Gasteiger partial charge < -0.3 is 44.2 Å². The Bertz CT molecular complexity index is 3790. The van der Waals surface area contributed by atoms with E-state index in [0.717, 1.165) is 22.3 Å². The van der Waals surface area contributed by atoms with Crippen molar-refractivity contribution in [2.45, 2.75) is 78.6 Å². The number of carbonyl (C=O) groups excluding carboxylic acids is 2. The number of nitrogens with zero attached hydrogens (tertiary/aromatic N) is 10. The highest BCUT2D eigenvalue weighted by Gasteiger charge is 2.32. The van der Waals surface area contributed by atoms with E-state index in [9.17, 15) is 19.2 Å². The molecule has 0 saturated carbocycles. The van der Waals surface area contributed by atoms with Crippen LogP contribution >= 0.6 is 0 Å². The molecule has 420 valence electrons. The molecule has 2 amide bonds. The van der Waals surface area contributed by atoms with Crippen LogP contribution in [0.4, 0.5) is 0 Å². The molecule has 8 heterocycles. The van der Waals surface area contributed by atoms with Gasteiger partial charge in [0.05, 0.1) is 132 Å². The number of aromatic nitrogens is 10. The lowest BCUT2D eigenvalue weighted by molar-refractivity contribution is -0.122. The summed E-state index contributed by atoms with van der Waals surface area (Å²) in [7, 11) is 3.12. The Morgan fingerprint density at radius 1 is 0.556 bits per heavy atom. The average molecular weight is 1100 g/mol. The van der Waals surface area contributed by atoms with E-state index in [-0.39, 0.29) is 52.5 Å². The lowest BCUT2D eigenvalue weighted by Crippen LogP contribution is -2.36. The van der Waals surface area contributed by atoms with Crippen LogP contribution < -0.4 is 32.3 Å². The zero-order valence-electron chi connectivity index (χ0n) is 46.2. The molecule has 23 nitrogen and oxygen atoms in total. The lowest BCUT2D eigenvalue weighted by atomic mass is 10.00. The second-order valence-electron chi connectivity index (χ2n) is 19.7. The minimum atomic E-state index is -1.11. The molecule has 4 N–H and O–H groups in total. The molecule has 0 aliphatic heterocycles. The number of primary amides is 2. The zero-order valence-corrected chi connectivity index (χ0v) is 46.2. The molecule has 0 aliphatic carbocycles. The monoisotopic (exact) mass is 1100 g/mol. The Hall–Kier alpha value is -9.06. The predicted molar refractivity (Wildman–Crippen MR) is 300 cm³/mol. The van der Waals surface area contributed by atoms with Crippen LogP contribution in [0.25, 0.3) is 66.1 Å². The molecule has 4 atom stereocenters.